The van der Waals surface area contributed by atoms with Crippen molar-refractivity contribution < 1.29 is 50.3 Å². The highest BCUT2D eigenvalue weighted by atomic mass is 35.5. The van der Waals surface area contributed by atoms with E-state index in [1.54, 1.807) is 0 Å². The van der Waals surface area contributed by atoms with Crippen molar-refractivity contribution in [1.82, 2.24) is 0 Å². The van der Waals surface area contributed by atoms with Crippen LogP contribution in [-0.4, -0.2) is 30.2 Å². The smallest absolute Gasteiger partial charge is 0.417 e. The molecule has 13 heteroatoms. The van der Waals surface area contributed by atoms with Gasteiger partial charge >= 0.3 is 12.4 Å². The molecule has 0 aliphatic carbocycles. The largest absolute Gasteiger partial charge is 0.503 e. The number of rotatable bonds is 7. The third-order valence-electron chi connectivity index (χ3n) is 4.39. The molecule has 0 bridgehead atoms. The molecule has 0 saturated carbocycles. The van der Waals surface area contributed by atoms with Crippen LogP contribution in [0.3, 0.4) is 0 Å². The second kappa shape index (κ2) is 12.9. The van der Waals surface area contributed by atoms with Crippen molar-refractivity contribution >= 4 is 46.3 Å². The van der Waals surface area contributed by atoms with Crippen molar-refractivity contribution in [3.8, 4) is 0 Å². The van der Waals surface area contributed by atoms with Gasteiger partial charge in [0.25, 0.3) is 0 Å². The third kappa shape index (κ3) is 9.32. The molecule has 0 saturated heterocycles. The molecule has 0 amide bonds. The molecular formula is C24H18Cl2F6O5. The van der Waals surface area contributed by atoms with E-state index in [-0.39, 0.29) is 10.0 Å². The van der Waals surface area contributed by atoms with E-state index >= 15 is 0 Å². The third-order valence-corrected chi connectivity index (χ3v) is 4.86. The van der Waals surface area contributed by atoms with Crippen LogP contribution in [0.25, 0.3) is 0 Å². The highest BCUT2D eigenvalue weighted by Crippen LogP contribution is 2.35. The monoisotopic (exact) mass is 570 g/mol. The Morgan fingerprint density at radius 3 is 1.62 bits per heavy atom. The van der Waals surface area contributed by atoms with Gasteiger partial charge in [-0.05, 0) is 50.2 Å². The van der Waals surface area contributed by atoms with E-state index < -0.39 is 69.7 Å². The van der Waals surface area contributed by atoms with Crippen LogP contribution in [0.15, 0.2) is 48.2 Å². The van der Waals surface area contributed by atoms with E-state index in [1.165, 1.54) is 13.2 Å². The van der Waals surface area contributed by atoms with Crippen molar-refractivity contribution in [3.63, 3.8) is 0 Å². The van der Waals surface area contributed by atoms with Crippen LogP contribution in [0.2, 0.25) is 10.0 Å². The van der Waals surface area contributed by atoms with Gasteiger partial charge in [0.2, 0.25) is 0 Å². The predicted octanol–water partition coefficient (Wildman–Crippen LogP) is 7.18. The Labute approximate surface area is 217 Å². The first-order valence-corrected chi connectivity index (χ1v) is 10.7. The van der Waals surface area contributed by atoms with E-state index in [0.29, 0.717) is 12.1 Å². The van der Waals surface area contributed by atoms with Gasteiger partial charge in [0.05, 0.1) is 36.5 Å². The van der Waals surface area contributed by atoms with Gasteiger partial charge in [-0.3, -0.25) is 19.2 Å². The van der Waals surface area contributed by atoms with Gasteiger partial charge in [-0.15, -0.1) is 0 Å². The van der Waals surface area contributed by atoms with Crippen LogP contribution in [0.4, 0.5) is 26.3 Å². The molecule has 0 aliphatic heterocycles. The molecule has 5 nitrogen and oxygen atoms in total. The van der Waals surface area contributed by atoms with Gasteiger partial charge in [-0.1, -0.05) is 23.2 Å². The number of alkyl halides is 6. The quantitative estimate of drug-likeness (QED) is 0.0879. The van der Waals surface area contributed by atoms with Gasteiger partial charge in [0.15, 0.2) is 17.3 Å². The summed E-state index contributed by atoms with van der Waals surface area (Å²) in [7, 11) is 1.18. The molecule has 37 heavy (non-hydrogen) atoms. The lowest BCUT2D eigenvalue weighted by molar-refractivity contribution is -0.138. The molecule has 0 aromatic heterocycles. The summed E-state index contributed by atoms with van der Waals surface area (Å²) in [5.74, 6) is -3.11. The maximum Gasteiger partial charge on any atom is 0.417 e. The van der Waals surface area contributed by atoms with Crippen LogP contribution in [-0.2, 0) is 26.7 Å². The number of Topliss-reactive ketones (excluding diaryl/α,β-unsaturated/α-hetero) is 4. The fourth-order valence-electron chi connectivity index (χ4n) is 2.82. The summed E-state index contributed by atoms with van der Waals surface area (Å²) in [6.45, 7) is 2.20. The molecule has 0 N–H and O–H groups in total. The van der Waals surface area contributed by atoms with Gasteiger partial charge in [0, 0.05) is 21.2 Å². The van der Waals surface area contributed by atoms with Gasteiger partial charge in [-0.25, -0.2) is 0 Å². The van der Waals surface area contributed by atoms with Crippen LogP contribution in [0, 0.1) is 0 Å². The SMILES string of the molecule is CC(=O)CC(=O)c1ccc(Cl)cc1C(F)(F)F.COC=C(C(C)=O)C(=O)c1ccc(Cl)cc1C(F)(F)F. The van der Waals surface area contributed by atoms with Gasteiger partial charge in [-0.2, -0.15) is 26.3 Å². The Morgan fingerprint density at radius 1 is 0.811 bits per heavy atom. The molecule has 0 radical (unpaired) electrons. The fraction of sp³-hybridized carbons (Fsp3) is 0.250. The molecule has 2 rings (SSSR count). The number of benzene rings is 2. The zero-order chi connectivity index (χ0) is 28.7. The van der Waals surface area contributed by atoms with Crippen LogP contribution < -0.4 is 0 Å². The Bertz CT molecular complexity index is 1230. The standard InChI is InChI=1S/C13H10ClF3O3.C11H8ClF3O2/c1-7(18)10(6-20-2)12(19)9-4-3-8(14)5-11(9)13(15,16)17;1-6(16)4-10(17)8-3-2-7(12)5-9(8)11(13,14)15/h3-6H,1-2H3;2-3,5H,4H2,1H3. The summed E-state index contributed by atoms with van der Waals surface area (Å²) in [4.78, 5) is 45.5. The number of ketones is 4. The van der Waals surface area contributed by atoms with Crippen molar-refractivity contribution in [3.05, 3.63) is 80.5 Å². The number of allylic oxidation sites excluding steroid dienone is 1. The van der Waals surface area contributed by atoms with Crippen molar-refractivity contribution in [1.29, 1.82) is 0 Å². The molecule has 2 aromatic carbocycles. The average Bonchev–Trinajstić information content (AvgIpc) is 2.75. The summed E-state index contributed by atoms with van der Waals surface area (Å²) >= 11 is 11.0. The summed E-state index contributed by atoms with van der Waals surface area (Å²) < 4.78 is 81.1. The number of carbonyl (C=O) groups is 4. The first-order valence-electron chi connectivity index (χ1n) is 9.94. The van der Waals surface area contributed by atoms with Crippen molar-refractivity contribution in [2.75, 3.05) is 7.11 Å². The second-order valence-corrected chi connectivity index (χ2v) is 8.20. The van der Waals surface area contributed by atoms with Crippen LogP contribution in [0.5, 0.6) is 0 Å². The minimum Gasteiger partial charge on any atom is -0.503 e. The molecule has 200 valence electrons. The number of halogens is 8. The molecular weight excluding hydrogens is 553 g/mol. The number of carbonyl (C=O) groups excluding carboxylic acids is 4. The van der Waals surface area contributed by atoms with E-state index in [0.717, 1.165) is 38.3 Å². The second-order valence-electron chi connectivity index (χ2n) is 7.33. The predicted molar refractivity (Wildman–Crippen MR) is 123 cm³/mol. The lowest BCUT2D eigenvalue weighted by Crippen LogP contribution is -2.17. The zero-order valence-electron chi connectivity index (χ0n) is 19.3. The van der Waals surface area contributed by atoms with Crippen LogP contribution in [0.1, 0.15) is 52.1 Å². The number of hydrogen-bond donors (Lipinski definition) is 0. The Hall–Kier alpha value is -3.18. The average molecular weight is 571 g/mol. The highest BCUT2D eigenvalue weighted by molar-refractivity contribution is 6.31. The van der Waals surface area contributed by atoms with Crippen LogP contribution >= 0.6 is 23.2 Å². The summed E-state index contributed by atoms with van der Waals surface area (Å²) in [5, 5.41) is -0.273. The molecule has 0 aliphatic rings. The van der Waals surface area contributed by atoms with Crippen molar-refractivity contribution in [2.24, 2.45) is 0 Å². The lowest BCUT2D eigenvalue weighted by atomic mass is 9.97. The molecule has 2 aromatic rings. The van der Waals surface area contributed by atoms with E-state index in [4.69, 9.17) is 23.2 Å². The Kier molecular flexibility index (Phi) is 11.1. The first-order chi connectivity index (χ1) is 16.9. The number of hydrogen-bond acceptors (Lipinski definition) is 5. The molecule has 0 spiro atoms. The summed E-state index contributed by atoms with van der Waals surface area (Å²) in [5.41, 5.74) is -3.97. The zero-order valence-corrected chi connectivity index (χ0v) is 20.8. The first kappa shape index (κ1) is 31.8. The minimum absolute atomic E-state index is 0.114. The number of methoxy groups -OCH3 is 1. The maximum atomic E-state index is 12.9. The maximum absolute atomic E-state index is 12.9. The van der Waals surface area contributed by atoms with Gasteiger partial charge in [0.1, 0.15) is 5.78 Å². The van der Waals surface area contributed by atoms with Crippen molar-refractivity contribution in [2.45, 2.75) is 32.6 Å². The fourth-order valence-corrected chi connectivity index (χ4v) is 3.17. The Morgan fingerprint density at radius 2 is 1.24 bits per heavy atom. The summed E-state index contributed by atoms with van der Waals surface area (Å²) in [6, 6.07) is 5.56. The molecule has 0 fully saturated rings. The van der Waals surface area contributed by atoms with Gasteiger partial charge < -0.3 is 4.74 Å². The highest BCUT2D eigenvalue weighted by Gasteiger charge is 2.37. The molecule has 0 heterocycles. The van der Waals surface area contributed by atoms with E-state index in [1.807, 2.05) is 0 Å². The lowest BCUT2D eigenvalue weighted by Gasteiger charge is -2.13. The molecule has 0 unspecified atom stereocenters. The molecule has 0 atom stereocenters. The van der Waals surface area contributed by atoms with E-state index in [2.05, 4.69) is 4.74 Å². The number of ether oxygens (including phenoxy) is 1. The normalized spacial score (nSPS) is 11.8. The van der Waals surface area contributed by atoms with E-state index in [9.17, 15) is 45.5 Å². The summed E-state index contributed by atoms with van der Waals surface area (Å²) in [6.07, 6.45) is -9.16. The minimum atomic E-state index is -4.76. The Balaban J connectivity index is 0.000000375. The topological polar surface area (TPSA) is 77.5 Å².